The Hall–Kier alpha value is -1.19. The van der Waals surface area contributed by atoms with Gasteiger partial charge in [0, 0.05) is 10.0 Å². The van der Waals surface area contributed by atoms with Gasteiger partial charge in [0.15, 0.2) is 0 Å². The van der Waals surface area contributed by atoms with Gasteiger partial charge in [-0.25, -0.2) is 4.39 Å². The van der Waals surface area contributed by atoms with Gasteiger partial charge in [0.1, 0.15) is 5.82 Å². The molecule has 0 aliphatic carbocycles. The van der Waals surface area contributed by atoms with E-state index in [0.29, 0.717) is 5.56 Å². The van der Waals surface area contributed by atoms with Crippen LogP contribution in [0.4, 0.5) is 4.39 Å². The number of benzene rings is 2. The number of rotatable bonds is 2. The Balaban J connectivity index is 2.49. The molecule has 1 atom stereocenters. The normalized spacial score (nSPS) is 12.5. The fraction of sp³-hybridized carbons (Fsp3) is 0.250. The summed E-state index contributed by atoms with van der Waals surface area (Å²) < 4.78 is 14.7. The third kappa shape index (κ3) is 2.88. The summed E-state index contributed by atoms with van der Waals surface area (Å²) in [6.45, 7) is 6.12. The Bertz CT molecular complexity index is 622. The van der Waals surface area contributed by atoms with Crippen LogP contribution >= 0.6 is 15.9 Å². The van der Waals surface area contributed by atoms with Crippen molar-refractivity contribution < 1.29 is 4.39 Å². The molecule has 0 saturated heterocycles. The predicted molar refractivity (Wildman–Crippen MR) is 80.8 cm³/mol. The van der Waals surface area contributed by atoms with Crippen LogP contribution in [-0.4, -0.2) is 0 Å². The van der Waals surface area contributed by atoms with Gasteiger partial charge in [0.25, 0.3) is 0 Å². The van der Waals surface area contributed by atoms with Crippen LogP contribution in [0.2, 0.25) is 0 Å². The number of hydrogen-bond donors (Lipinski definition) is 1. The molecular weight excluding hydrogens is 305 g/mol. The molecule has 0 heterocycles. The van der Waals surface area contributed by atoms with E-state index in [9.17, 15) is 4.39 Å². The van der Waals surface area contributed by atoms with Crippen LogP contribution in [0.25, 0.3) is 0 Å². The lowest BCUT2D eigenvalue weighted by molar-refractivity contribution is 0.598. The first kappa shape index (κ1) is 14.2. The molecule has 1 unspecified atom stereocenters. The maximum absolute atomic E-state index is 14.0. The first-order chi connectivity index (χ1) is 8.90. The predicted octanol–water partition coefficient (Wildman–Crippen LogP) is 4.56. The van der Waals surface area contributed by atoms with Gasteiger partial charge in [0.2, 0.25) is 0 Å². The quantitative estimate of drug-likeness (QED) is 0.862. The second-order valence-electron chi connectivity index (χ2n) is 4.94. The van der Waals surface area contributed by atoms with Crippen LogP contribution < -0.4 is 5.73 Å². The number of nitrogens with two attached hydrogens (primary N) is 1. The van der Waals surface area contributed by atoms with Gasteiger partial charge < -0.3 is 5.73 Å². The maximum atomic E-state index is 14.0. The highest BCUT2D eigenvalue weighted by molar-refractivity contribution is 9.10. The molecule has 3 heteroatoms. The average molecular weight is 322 g/mol. The number of aryl methyl sites for hydroxylation is 3. The molecule has 0 radical (unpaired) electrons. The summed E-state index contributed by atoms with van der Waals surface area (Å²) in [5.74, 6) is -0.278. The van der Waals surface area contributed by atoms with E-state index in [4.69, 9.17) is 5.73 Å². The van der Waals surface area contributed by atoms with Crippen LogP contribution in [0.15, 0.2) is 34.8 Å². The minimum absolute atomic E-state index is 0.278. The van der Waals surface area contributed by atoms with Crippen LogP contribution in [0.1, 0.15) is 33.9 Å². The summed E-state index contributed by atoms with van der Waals surface area (Å²) in [6.07, 6.45) is 0. The van der Waals surface area contributed by atoms with Crippen molar-refractivity contribution in [2.45, 2.75) is 26.8 Å². The molecule has 2 aromatic carbocycles. The van der Waals surface area contributed by atoms with Crippen LogP contribution in [0, 0.1) is 26.6 Å². The zero-order chi connectivity index (χ0) is 14.2. The van der Waals surface area contributed by atoms with Crippen molar-refractivity contribution in [3.8, 4) is 0 Å². The zero-order valence-corrected chi connectivity index (χ0v) is 12.9. The van der Waals surface area contributed by atoms with Crippen molar-refractivity contribution in [2.24, 2.45) is 5.73 Å². The van der Waals surface area contributed by atoms with Gasteiger partial charge in [0.05, 0.1) is 6.04 Å². The zero-order valence-electron chi connectivity index (χ0n) is 11.3. The molecule has 1 nitrogen and oxygen atoms in total. The summed E-state index contributed by atoms with van der Waals surface area (Å²) >= 11 is 3.26. The highest BCUT2D eigenvalue weighted by Gasteiger charge is 2.16. The Labute approximate surface area is 121 Å². The van der Waals surface area contributed by atoms with Crippen molar-refractivity contribution in [1.29, 1.82) is 0 Å². The summed E-state index contributed by atoms with van der Waals surface area (Å²) in [5, 5.41) is 0. The number of hydrogen-bond acceptors (Lipinski definition) is 1. The van der Waals surface area contributed by atoms with E-state index in [-0.39, 0.29) is 5.82 Å². The Kier molecular flexibility index (Phi) is 4.07. The minimum Gasteiger partial charge on any atom is -0.320 e. The van der Waals surface area contributed by atoms with Crippen molar-refractivity contribution >= 4 is 15.9 Å². The number of halogens is 2. The van der Waals surface area contributed by atoms with Crippen LogP contribution in [-0.2, 0) is 0 Å². The van der Waals surface area contributed by atoms with E-state index in [0.717, 1.165) is 15.6 Å². The minimum atomic E-state index is -0.438. The molecule has 0 amide bonds. The molecule has 2 N–H and O–H groups in total. The first-order valence-corrected chi connectivity index (χ1v) is 6.97. The average Bonchev–Trinajstić information content (AvgIpc) is 2.33. The fourth-order valence-corrected chi connectivity index (χ4v) is 2.57. The molecular formula is C16H17BrFN. The van der Waals surface area contributed by atoms with Crippen molar-refractivity contribution in [1.82, 2.24) is 0 Å². The molecule has 0 saturated carbocycles. The van der Waals surface area contributed by atoms with Crippen LogP contribution in [0.3, 0.4) is 0 Å². The monoisotopic (exact) mass is 321 g/mol. The van der Waals surface area contributed by atoms with E-state index in [2.05, 4.69) is 35.0 Å². The Morgan fingerprint density at radius 2 is 1.58 bits per heavy atom. The molecule has 2 aromatic rings. The molecule has 0 aliphatic rings. The highest BCUT2D eigenvalue weighted by atomic mass is 79.9. The lowest BCUT2D eigenvalue weighted by Gasteiger charge is -2.18. The van der Waals surface area contributed by atoms with E-state index in [1.54, 1.807) is 6.07 Å². The molecule has 0 fully saturated rings. The van der Waals surface area contributed by atoms with Gasteiger partial charge in [-0.1, -0.05) is 34.1 Å². The van der Waals surface area contributed by atoms with E-state index in [1.807, 2.05) is 19.9 Å². The Morgan fingerprint density at radius 3 is 2.21 bits per heavy atom. The van der Waals surface area contributed by atoms with Gasteiger partial charge >= 0.3 is 0 Å². The largest absolute Gasteiger partial charge is 0.320 e. The summed E-state index contributed by atoms with van der Waals surface area (Å²) in [7, 11) is 0. The van der Waals surface area contributed by atoms with Crippen molar-refractivity contribution in [2.75, 3.05) is 0 Å². The third-order valence-electron chi connectivity index (χ3n) is 3.51. The molecule has 2 rings (SSSR count). The maximum Gasteiger partial charge on any atom is 0.129 e. The molecule has 100 valence electrons. The summed E-state index contributed by atoms with van der Waals surface area (Å²) in [6, 6.07) is 8.71. The highest BCUT2D eigenvalue weighted by Crippen LogP contribution is 2.28. The summed E-state index contributed by atoms with van der Waals surface area (Å²) in [4.78, 5) is 0. The molecule has 19 heavy (non-hydrogen) atoms. The van der Waals surface area contributed by atoms with Gasteiger partial charge in [-0.3, -0.25) is 0 Å². The third-order valence-corrected chi connectivity index (χ3v) is 4.01. The molecule has 0 aromatic heterocycles. The Morgan fingerprint density at radius 1 is 0.947 bits per heavy atom. The van der Waals surface area contributed by atoms with Crippen molar-refractivity contribution in [3.63, 3.8) is 0 Å². The van der Waals surface area contributed by atoms with Crippen molar-refractivity contribution in [3.05, 3.63) is 68.4 Å². The first-order valence-electron chi connectivity index (χ1n) is 6.18. The second kappa shape index (κ2) is 5.43. The van der Waals surface area contributed by atoms with E-state index >= 15 is 0 Å². The summed E-state index contributed by atoms with van der Waals surface area (Å²) in [5.41, 5.74) is 11.2. The van der Waals surface area contributed by atoms with Gasteiger partial charge in [-0.15, -0.1) is 0 Å². The molecule has 0 bridgehead atoms. The fourth-order valence-electron chi connectivity index (χ4n) is 2.24. The smallest absolute Gasteiger partial charge is 0.129 e. The van der Waals surface area contributed by atoms with Gasteiger partial charge in [-0.2, -0.15) is 0 Å². The SMILES string of the molecule is Cc1cc(C)c(C(N)c2ccc(Br)cc2F)cc1C. The molecule has 0 spiro atoms. The van der Waals surface area contributed by atoms with Gasteiger partial charge in [-0.05, 0) is 55.2 Å². The lowest BCUT2D eigenvalue weighted by Crippen LogP contribution is -2.15. The van der Waals surface area contributed by atoms with E-state index < -0.39 is 6.04 Å². The standard InChI is InChI=1S/C16H17BrFN/c1-9-6-11(3)14(7-10(9)2)16(19)13-5-4-12(17)8-15(13)18/h4-8,16H,19H2,1-3H3. The lowest BCUT2D eigenvalue weighted by atomic mass is 9.92. The topological polar surface area (TPSA) is 26.0 Å². The second-order valence-corrected chi connectivity index (χ2v) is 5.85. The van der Waals surface area contributed by atoms with Crippen LogP contribution in [0.5, 0.6) is 0 Å². The van der Waals surface area contributed by atoms with E-state index in [1.165, 1.54) is 17.2 Å². The molecule has 0 aliphatic heterocycles.